The highest BCUT2D eigenvalue weighted by molar-refractivity contribution is 6.31. The van der Waals surface area contributed by atoms with Crippen molar-refractivity contribution in [2.45, 2.75) is 45.2 Å². The summed E-state index contributed by atoms with van der Waals surface area (Å²) in [7, 11) is 0. The quantitative estimate of drug-likeness (QED) is 0.641. The molecule has 0 unspecified atom stereocenters. The highest BCUT2D eigenvalue weighted by Crippen LogP contribution is 2.26. The van der Waals surface area contributed by atoms with Crippen LogP contribution in [0, 0.1) is 5.41 Å². The number of nitrogens with two attached hydrogens (primary N) is 1. The molecule has 0 heterocycles. The van der Waals surface area contributed by atoms with E-state index in [0.29, 0.717) is 16.6 Å². The van der Waals surface area contributed by atoms with E-state index in [4.69, 9.17) is 22.7 Å². The first-order chi connectivity index (χ1) is 9.11. The van der Waals surface area contributed by atoms with E-state index < -0.39 is 0 Å². The second-order valence-corrected chi connectivity index (χ2v) is 5.63. The van der Waals surface area contributed by atoms with Crippen molar-refractivity contribution in [1.29, 1.82) is 5.41 Å². The largest absolute Gasteiger partial charge is 0.384 e. The highest BCUT2D eigenvalue weighted by Gasteiger charge is 2.21. The summed E-state index contributed by atoms with van der Waals surface area (Å²) in [6.07, 6.45) is 5.30. The van der Waals surface area contributed by atoms with Crippen LogP contribution in [0.1, 0.15) is 43.7 Å². The number of hydrogen-bond acceptors (Lipinski definition) is 2. The van der Waals surface area contributed by atoms with Crippen molar-refractivity contribution in [3.05, 3.63) is 34.3 Å². The van der Waals surface area contributed by atoms with Gasteiger partial charge in [-0.25, -0.2) is 0 Å². The molecule has 0 bridgehead atoms. The van der Waals surface area contributed by atoms with Crippen LogP contribution in [0.15, 0.2) is 18.2 Å². The molecule has 1 fully saturated rings. The minimum atomic E-state index is 0.0663. The van der Waals surface area contributed by atoms with E-state index in [1.807, 2.05) is 12.1 Å². The summed E-state index contributed by atoms with van der Waals surface area (Å²) in [5.74, 6) is 0.0663. The van der Waals surface area contributed by atoms with E-state index >= 15 is 0 Å². The molecule has 19 heavy (non-hydrogen) atoms. The molecule has 1 aromatic carbocycles. The van der Waals surface area contributed by atoms with Crippen LogP contribution in [-0.2, 0) is 6.54 Å². The lowest BCUT2D eigenvalue weighted by atomic mass is 10.1. The predicted octanol–water partition coefficient (Wildman–Crippen LogP) is 3.39. The molecule has 0 aromatic heterocycles. The second kappa shape index (κ2) is 6.40. The number of nitrogen functional groups attached to an aromatic ring is 1. The molecule has 1 saturated carbocycles. The third kappa shape index (κ3) is 3.48. The Morgan fingerprint density at radius 3 is 2.63 bits per heavy atom. The van der Waals surface area contributed by atoms with Crippen LogP contribution in [0.5, 0.6) is 0 Å². The number of hydrogen-bond donors (Lipinski definition) is 2. The number of amidine groups is 1. The summed E-state index contributed by atoms with van der Waals surface area (Å²) in [6.45, 7) is 4.14. The average molecular weight is 280 g/mol. The molecule has 0 radical (unpaired) electrons. The Balaban J connectivity index is 2.10. The molecule has 1 aromatic rings. The summed E-state index contributed by atoms with van der Waals surface area (Å²) in [5.41, 5.74) is 7.29. The van der Waals surface area contributed by atoms with Gasteiger partial charge in [0, 0.05) is 23.2 Å². The molecule has 1 aliphatic rings. The van der Waals surface area contributed by atoms with Gasteiger partial charge in [0.25, 0.3) is 0 Å². The van der Waals surface area contributed by atoms with Crippen molar-refractivity contribution >= 4 is 17.4 Å². The Morgan fingerprint density at radius 1 is 1.42 bits per heavy atom. The first-order valence-corrected chi connectivity index (χ1v) is 7.36. The van der Waals surface area contributed by atoms with Gasteiger partial charge in [0.05, 0.1) is 0 Å². The van der Waals surface area contributed by atoms with Crippen LogP contribution < -0.4 is 5.73 Å². The van der Waals surface area contributed by atoms with E-state index in [-0.39, 0.29) is 5.84 Å². The fraction of sp³-hybridized carbons (Fsp3) is 0.533. The number of halogens is 1. The summed E-state index contributed by atoms with van der Waals surface area (Å²) in [5, 5.41) is 8.14. The number of nitrogens with zero attached hydrogens (tertiary/aromatic N) is 1. The SMILES string of the molecule is CCN(Cc1ccc(C(=N)N)cc1Cl)C1CCCC1. The van der Waals surface area contributed by atoms with Crippen LogP contribution in [-0.4, -0.2) is 23.3 Å². The molecule has 1 aliphatic carbocycles. The lowest BCUT2D eigenvalue weighted by molar-refractivity contribution is 0.200. The van der Waals surface area contributed by atoms with E-state index in [2.05, 4.69) is 11.8 Å². The van der Waals surface area contributed by atoms with Gasteiger partial charge in [-0.3, -0.25) is 10.3 Å². The first kappa shape index (κ1) is 14.4. The lowest BCUT2D eigenvalue weighted by Crippen LogP contribution is -2.32. The van der Waals surface area contributed by atoms with Crippen molar-refractivity contribution in [3.8, 4) is 0 Å². The van der Waals surface area contributed by atoms with Gasteiger partial charge in [0.1, 0.15) is 5.84 Å². The normalized spacial score (nSPS) is 16.2. The minimum Gasteiger partial charge on any atom is -0.384 e. The maximum atomic E-state index is 7.43. The molecular weight excluding hydrogens is 258 g/mol. The predicted molar refractivity (Wildman–Crippen MR) is 80.8 cm³/mol. The molecule has 3 nitrogen and oxygen atoms in total. The summed E-state index contributed by atoms with van der Waals surface area (Å²) in [6, 6.07) is 6.37. The van der Waals surface area contributed by atoms with Gasteiger partial charge < -0.3 is 5.73 Å². The molecule has 0 aliphatic heterocycles. The van der Waals surface area contributed by atoms with Gasteiger partial charge in [-0.1, -0.05) is 43.5 Å². The van der Waals surface area contributed by atoms with E-state index in [1.54, 1.807) is 6.07 Å². The van der Waals surface area contributed by atoms with Crippen molar-refractivity contribution in [1.82, 2.24) is 4.90 Å². The zero-order valence-corrected chi connectivity index (χ0v) is 12.2. The van der Waals surface area contributed by atoms with Crippen LogP contribution in [0.3, 0.4) is 0 Å². The molecule has 0 atom stereocenters. The van der Waals surface area contributed by atoms with Crippen molar-refractivity contribution in [2.24, 2.45) is 5.73 Å². The number of benzene rings is 1. The Kier molecular flexibility index (Phi) is 4.83. The zero-order valence-electron chi connectivity index (χ0n) is 11.5. The molecule has 0 spiro atoms. The smallest absolute Gasteiger partial charge is 0.122 e. The van der Waals surface area contributed by atoms with Gasteiger partial charge in [-0.2, -0.15) is 0 Å². The fourth-order valence-corrected chi connectivity index (χ4v) is 3.07. The van der Waals surface area contributed by atoms with Gasteiger partial charge in [-0.15, -0.1) is 0 Å². The Morgan fingerprint density at radius 2 is 2.11 bits per heavy atom. The maximum absolute atomic E-state index is 7.43. The molecule has 0 saturated heterocycles. The lowest BCUT2D eigenvalue weighted by Gasteiger charge is -2.27. The number of rotatable bonds is 5. The first-order valence-electron chi connectivity index (χ1n) is 6.98. The van der Waals surface area contributed by atoms with Gasteiger partial charge in [0.15, 0.2) is 0 Å². The summed E-state index contributed by atoms with van der Waals surface area (Å²) >= 11 is 6.30. The topological polar surface area (TPSA) is 53.1 Å². The molecule has 3 N–H and O–H groups in total. The molecular formula is C15H22ClN3. The Hall–Kier alpha value is -1.06. The Bertz CT molecular complexity index is 453. The Labute approximate surface area is 120 Å². The standard InChI is InChI=1S/C15H22ClN3/c1-2-19(13-5-3-4-6-13)10-12-8-7-11(15(17)18)9-14(12)16/h7-9,13H,2-6,10H2,1H3,(H3,17,18). The monoisotopic (exact) mass is 279 g/mol. The van der Waals surface area contributed by atoms with Crippen molar-refractivity contribution in [3.63, 3.8) is 0 Å². The average Bonchev–Trinajstić information content (AvgIpc) is 2.91. The van der Waals surface area contributed by atoms with Crippen LogP contribution in [0.25, 0.3) is 0 Å². The highest BCUT2D eigenvalue weighted by atomic mass is 35.5. The molecule has 4 heteroatoms. The summed E-state index contributed by atoms with van der Waals surface area (Å²) < 4.78 is 0. The van der Waals surface area contributed by atoms with Crippen LogP contribution >= 0.6 is 11.6 Å². The zero-order chi connectivity index (χ0) is 13.8. The summed E-state index contributed by atoms with van der Waals surface area (Å²) in [4.78, 5) is 2.50. The van der Waals surface area contributed by atoms with Gasteiger partial charge >= 0.3 is 0 Å². The van der Waals surface area contributed by atoms with Crippen LogP contribution in [0.2, 0.25) is 5.02 Å². The second-order valence-electron chi connectivity index (χ2n) is 5.22. The van der Waals surface area contributed by atoms with E-state index in [0.717, 1.165) is 18.7 Å². The van der Waals surface area contributed by atoms with E-state index in [1.165, 1.54) is 25.7 Å². The minimum absolute atomic E-state index is 0.0663. The van der Waals surface area contributed by atoms with Crippen LogP contribution in [0.4, 0.5) is 0 Å². The maximum Gasteiger partial charge on any atom is 0.122 e. The number of nitrogens with one attached hydrogen (secondary N) is 1. The molecule has 0 amide bonds. The van der Waals surface area contributed by atoms with Gasteiger partial charge in [-0.05, 0) is 31.0 Å². The van der Waals surface area contributed by atoms with Gasteiger partial charge in [0.2, 0.25) is 0 Å². The van der Waals surface area contributed by atoms with E-state index in [9.17, 15) is 0 Å². The molecule has 104 valence electrons. The molecule has 2 rings (SSSR count). The fourth-order valence-electron chi connectivity index (χ4n) is 2.83. The third-order valence-corrected chi connectivity index (χ3v) is 4.34. The van der Waals surface area contributed by atoms with Crippen molar-refractivity contribution in [2.75, 3.05) is 6.54 Å². The van der Waals surface area contributed by atoms with Crippen molar-refractivity contribution < 1.29 is 0 Å². The third-order valence-electron chi connectivity index (χ3n) is 3.98.